The molecule has 2 saturated carbocycles. The molecule has 18 heavy (non-hydrogen) atoms. The first-order valence-electron chi connectivity index (χ1n) is 7.57. The Morgan fingerprint density at radius 3 is 2.50 bits per heavy atom. The normalized spacial score (nSPS) is 35.9. The lowest BCUT2D eigenvalue weighted by Crippen LogP contribution is -2.46. The van der Waals surface area contributed by atoms with Gasteiger partial charge in [-0.1, -0.05) is 12.8 Å². The van der Waals surface area contributed by atoms with Crippen LogP contribution in [-0.4, -0.2) is 50.1 Å². The highest BCUT2D eigenvalue weighted by molar-refractivity contribution is 5.82. The summed E-state index contributed by atoms with van der Waals surface area (Å²) in [4.78, 5) is 14.5. The SMILES string of the molecule is O=C(NCCN1CCNCC1)C1C2CCCCC21. The van der Waals surface area contributed by atoms with Crippen molar-refractivity contribution in [2.45, 2.75) is 25.7 Å². The number of piperazine rings is 1. The average molecular weight is 251 g/mol. The summed E-state index contributed by atoms with van der Waals surface area (Å²) in [5.74, 6) is 2.17. The van der Waals surface area contributed by atoms with E-state index in [1.165, 1.54) is 25.7 Å². The van der Waals surface area contributed by atoms with Gasteiger partial charge in [0.05, 0.1) is 0 Å². The molecule has 102 valence electrons. The van der Waals surface area contributed by atoms with Gasteiger partial charge in [0.2, 0.25) is 5.91 Å². The largest absolute Gasteiger partial charge is 0.355 e. The molecule has 0 aromatic heterocycles. The molecule has 2 atom stereocenters. The highest BCUT2D eigenvalue weighted by Gasteiger charge is 2.54. The van der Waals surface area contributed by atoms with Gasteiger partial charge in [-0.05, 0) is 24.7 Å². The average Bonchev–Trinajstić information content (AvgIpc) is 3.14. The zero-order valence-corrected chi connectivity index (χ0v) is 11.2. The molecule has 0 aromatic rings. The number of hydrogen-bond acceptors (Lipinski definition) is 3. The molecule has 4 nitrogen and oxygen atoms in total. The highest BCUT2D eigenvalue weighted by Crippen LogP contribution is 2.55. The van der Waals surface area contributed by atoms with Gasteiger partial charge in [-0.2, -0.15) is 0 Å². The Hall–Kier alpha value is -0.610. The predicted molar refractivity (Wildman–Crippen MR) is 71.3 cm³/mol. The molecule has 1 saturated heterocycles. The van der Waals surface area contributed by atoms with Crippen molar-refractivity contribution in [3.63, 3.8) is 0 Å². The minimum atomic E-state index is 0.335. The smallest absolute Gasteiger partial charge is 0.223 e. The van der Waals surface area contributed by atoms with Crippen molar-refractivity contribution in [3.8, 4) is 0 Å². The Bertz CT molecular complexity index is 289. The first kappa shape index (κ1) is 12.4. The molecule has 2 aliphatic carbocycles. The number of rotatable bonds is 4. The molecule has 2 unspecified atom stereocenters. The fourth-order valence-corrected chi connectivity index (χ4v) is 3.77. The molecule has 0 radical (unpaired) electrons. The minimum absolute atomic E-state index is 0.335. The zero-order chi connectivity index (χ0) is 12.4. The Balaban J connectivity index is 1.34. The Kier molecular flexibility index (Phi) is 3.85. The van der Waals surface area contributed by atoms with Crippen LogP contribution in [0.2, 0.25) is 0 Å². The molecule has 1 amide bonds. The summed E-state index contributed by atoms with van der Waals surface area (Å²) in [6.07, 6.45) is 5.26. The standard InChI is InChI=1S/C14H25N3O/c18-14(13-11-3-1-2-4-12(11)13)16-7-10-17-8-5-15-6-9-17/h11-13,15H,1-10H2,(H,16,18). The molecule has 3 fully saturated rings. The molecule has 3 rings (SSSR count). The van der Waals surface area contributed by atoms with Crippen molar-refractivity contribution < 1.29 is 4.79 Å². The Morgan fingerprint density at radius 2 is 1.83 bits per heavy atom. The van der Waals surface area contributed by atoms with Crippen molar-refractivity contribution in [3.05, 3.63) is 0 Å². The maximum absolute atomic E-state index is 12.1. The van der Waals surface area contributed by atoms with Crippen LogP contribution < -0.4 is 10.6 Å². The van der Waals surface area contributed by atoms with Crippen LogP contribution >= 0.6 is 0 Å². The summed E-state index contributed by atoms with van der Waals surface area (Å²) in [7, 11) is 0. The topological polar surface area (TPSA) is 44.4 Å². The summed E-state index contributed by atoms with van der Waals surface area (Å²) in [5, 5.41) is 6.49. The number of amides is 1. The van der Waals surface area contributed by atoms with Crippen molar-refractivity contribution in [2.24, 2.45) is 17.8 Å². The van der Waals surface area contributed by atoms with E-state index in [-0.39, 0.29) is 0 Å². The summed E-state index contributed by atoms with van der Waals surface area (Å²) < 4.78 is 0. The third-order valence-electron chi connectivity index (χ3n) is 4.90. The monoisotopic (exact) mass is 251 g/mol. The summed E-state index contributed by atoms with van der Waals surface area (Å²) >= 11 is 0. The second kappa shape index (κ2) is 5.57. The van der Waals surface area contributed by atoms with E-state index in [2.05, 4.69) is 15.5 Å². The van der Waals surface area contributed by atoms with Crippen molar-refractivity contribution in [1.82, 2.24) is 15.5 Å². The lowest BCUT2D eigenvalue weighted by Gasteiger charge is -2.27. The van der Waals surface area contributed by atoms with Crippen LogP contribution in [0.5, 0.6) is 0 Å². The van der Waals surface area contributed by atoms with Crippen LogP contribution in [0.1, 0.15) is 25.7 Å². The first-order chi connectivity index (χ1) is 8.86. The van der Waals surface area contributed by atoms with E-state index in [9.17, 15) is 4.79 Å². The van der Waals surface area contributed by atoms with E-state index < -0.39 is 0 Å². The Morgan fingerprint density at radius 1 is 1.17 bits per heavy atom. The number of nitrogens with one attached hydrogen (secondary N) is 2. The van der Waals surface area contributed by atoms with Gasteiger partial charge < -0.3 is 10.6 Å². The highest BCUT2D eigenvalue weighted by atomic mass is 16.2. The van der Waals surface area contributed by atoms with Crippen molar-refractivity contribution in [1.29, 1.82) is 0 Å². The molecule has 4 heteroatoms. The zero-order valence-electron chi connectivity index (χ0n) is 11.2. The van der Waals surface area contributed by atoms with Crippen LogP contribution in [0.3, 0.4) is 0 Å². The van der Waals surface area contributed by atoms with Crippen LogP contribution in [0, 0.1) is 17.8 Å². The molecule has 3 aliphatic rings. The lowest BCUT2D eigenvalue weighted by molar-refractivity contribution is -0.122. The molecular formula is C14H25N3O. The molecule has 2 N–H and O–H groups in total. The molecule has 1 aliphatic heterocycles. The van der Waals surface area contributed by atoms with E-state index in [4.69, 9.17) is 0 Å². The fourth-order valence-electron chi connectivity index (χ4n) is 3.77. The van der Waals surface area contributed by atoms with E-state index in [1.54, 1.807) is 0 Å². The van der Waals surface area contributed by atoms with E-state index >= 15 is 0 Å². The van der Waals surface area contributed by atoms with Gasteiger partial charge in [0.15, 0.2) is 0 Å². The van der Waals surface area contributed by atoms with Crippen molar-refractivity contribution in [2.75, 3.05) is 39.3 Å². The molecule has 0 bridgehead atoms. The van der Waals surface area contributed by atoms with Gasteiger partial charge in [0.25, 0.3) is 0 Å². The van der Waals surface area contributed by atoms with Crippen LogP contribution in [0.15, 0.2) is 0 Å². The number of nitrogens with zero attached hydrogens (tertiary/aromatic N) is 1. The number of carbonyl (C=O) groups excluding carboxylic acids is 1. The second-order valence-electron chi connectivity index (χ2n) is 6.02. The summed E-state index contributed by atoms with van der Waals surface area (Å²) in [6.45, 7) is 6.24. The maximum atomic E-state index is 12.1. The van der Waals surface area contributed by atoms with Gasteiger partial charge in [0, 0.05) is 45.2 Å². The van der Waals surface area contributed by atoms with Crippen LogP contribution in [-0.2, 0) is 4.79 Å². The summed E-state index contributed by atoms with van der Waals surface area (Å²) in [6, 6.07) is 0. The predicted octanol–water partition coefficient (Wildman–Crippen LogP) is 0.444. The summed E-state index contributed by atoms with van der Waals surface area (Å²) in [5.41, 5.74) is 0. The lowest BCUT2D eigenvalue weighted by atomic mass is 10.0. The number of fused-ring (bicyclic) bond motifs is 1. The van der Waals surface area contributed by atoms with Crippen molar-refractivity contribution >= 4 is 5.91 Å². The van der Waals surface area contributed by atoms with Gasteiger partial charge in [-0.15, -0.1) is 0 Å². The third kappa shape index (κ3) is 2.69. The fraction of sp³-hybridized carbons (Fsp3) is 0.929. The molecule has 1 heterocycles. The van der Waals surface area contributed by atoms with Gasteiger partial charge >= 0.3 is 0 Å². The quantitative estimate of drug-likeness (QED) is 0.762. The Labute approximate surface area is 109 Å². The second-order valence-corrected chi connectivity index (χ2v) is 6.02. The first-order valence-corrected chi connectivity index (χ1v) is 7.57. The van der Waals surface area contributed by atoms with E-state index in [0.717, 1.165) is 51.1 Å². The van der Waals surface area contributed by atoms with Crippen LogP contribution in [0.25, 0.3) is 0 Å². The maximum Gasteiger partial charge on any atom is 0.223 e. The van der Waals surface area contributed by atoms with Gasteiger partial charge in [-0.25, -0.2) is 0 Å². The molecule has 0 spiro atoms. The van der Waals surface area contributed by atoms with E-state index in [1.807, 2.05) is 0 Å². The third-order valence-corrected chi connectivity index (χ3v) is 4.90. The molecular weight excluding hydrogens is 226 g/mol. The van der Waals surface area contributed by atoms with Crippen LogP contribution in [0.4, 0.5) is 0 Å². The van der Waals surface area contributed by atoms with Gasteiger partial charge in [-0.3, -0.25) is 9.69 Å². The van der Waals surface area contributed by atoms with E-state index in [0.29, 0.717) is 11.8 Å². The molecule has 0 aromatic carbocycles. The number of hydrogen-bond donors (Lipinski definition) is 2. The number of carbonyl (C=O) groups is 1. The minimum Gasteiger partial charge on any atom is -0.355 e. The van der Waals surface area contributed by atoms with Gasteiger partial charge in [0.1, 0.15) is 0 Å².